The largest absolute Gasteiger partial charge is 0.401 e. The third-order valence-corrected chi connectivity index (χ3v) is 5.40. The van der Waals surface area contributed by atoms with Crippen LogP contribution in [0.25, 0.3) is 6.08 Å². The molecule has 166 valence electrons. The molecular weight excluding hydrogens is 418 g/mol. The van der Waals surface area contributed by atoms with Crippen LogP contribution >= 0.6 is 11.6 Å². The molecule has 1 aromatic carbocycles. The van der Waals surface area contributed by atoms with E-state index >= 15 is 0 Å². The molecule has 0 aliphatic carbocycles. The zero-order chi connectivity index (χ0) is 22.4. The number of anilines is 1. The number of amides is 1. The van der Waals surface area contributed by atoms with E-state index in [1.54, 1.807) is 22.8 Å². The molecule has 0 unspecified atom stereocenters. The van der Waals surface area contributed by atoms with E-state index in [1.165, 1.54) is 6.20 Å². The fraction of sp³-hybridized carbons (Fsp3) is 0.364. The van der Waals surface area contributed by atoms with Crippen LogP contribution in [0, 0.1) is 0 Å². The maximum atomic E-state index is 13.1. The molecule has 1 aliphatic heterocycles. The average molecular weight is 446 g/mol. The topological polar surface area (TPSA) is 116 Å². The summed E-state index contributed by atoms with van der Waals surface area (Å²) in [4.78, 5) is 28.0. The first-order valence-electron chi connectivity index (χ1n) is 10.2. The smallest absolute Gasteiger partial charge is 0.257 e. The SMILES string of the molecule is CCn1cc(C(=O)NCc2ccc(Cl)cc2)c(=O)c(/C=C(\N)CN2CCOCC2)c1N. The van der Waals surface area contributed by atoms with Crippen LogP contribution in [0.15, 0.2) is 41.0 Å². The third-order valence-electron chi connectivity index (χ3n) is 5.15. The number of carbonyl (C=O) groups excluding carboxylic acids is 1. The van der Waals surface area contributed by atoms with Gasteiger partial charge in [-0.3, -0.25) is 14.5 Å². The molecule has 31 heavy (non-hydrogen) atoms. The van der Waals surface area contributed by atoms with Crippen LogP contribution in [-0.4, -0.2) is 48.2 Å². The number of rotatable bonds is 7. The van der Waals surface area contributed by atoms with E-state index < -0.39 is 11.3 Å². The Morgan fingerprint density at radius 1 is 1.26 bits per heavy atom. The molecule has 9 heteroatoms. The number of hydrogen-bond acceptors (Lipinski definition) is 6. The molecule has 3 rings (SSSR count). The monoisotopic (exact) mass is 445 g/mol. The van der Waals surface area contributed by atoms with Gasteiger partial charge in [0.15, 0.2) is 0 Å². The van der Waals surface area contributed by atoms with Gasteiger partial charge in [0.25, 0.3) is 5.91 Å². The fourth-order valence-electron chi connectivity index (χ4n) is 3.39. The summed E-state index contributed by atoms with van der Waals surface area (Å²) in [7, 11) is 0. The highest BCUT2D eigenvalue weighted by molar-refractivity contribution is 6.30. The quantitative estimate of drug-likeness (QED) is 0.597. The van der Waals surface area contributed by atoms with Crippen molar-refractivity contribution in [3.8, 4) is 0 Å². The predicted molar refractivity (Wildman–Crippen MR) is 123 cm³/mol. The molecule has 1 aromatic heterocycles. The van der Waals surface area contributed by atoms with Gasteiger partial charge in [-0.15, -0.1) is 0 Å². The molecule has 0 radical (unpaired) electrons. The van der Waals surface area contributed by atoms with Crippen LogP contribution in [0.2, 0.25) is 5.02 Å². The van der Waals surface area contributed by atoms with Gasteiger partial charge >= 0.3 is 0 Å². The van der Waals surface area contributed by atoms with E-state index in [2.05, 4.69) is 10.2 Å². The Morgan fingerprint density at radius 3 is 2.58 bits per heavy atom. The minimum atomic E-state index is -0.469. The van der Waals surface area contributed by atoms with Crippen molar-refractivity contribution in [2.24, 2.45) is 5.73 Å². The summed E-state index contributed by atoms with van der Waals surface area (Å²) >= 11 is 5.89. The number of ether oxygens (including phenoxy) is 1. The second-order valence-electron chi connectivity index (χ2n) is 7.37. The third kappa shape index (κ3) is 5.88. The van der Waals surface area contributed by atoms with Gasteiger partial charge in [0, 0.05) is 49.6 Å². The van der Waals surface area contributed by atoms with Gasteiger partial charge in [0.05, 0.1) is 18.8 Å². The Hall–Kier alpha value is -2.81. The first-order valence-corrected chi connectivity index (χ1v) is 10.6. The molecule has 2 heterocycles. The van der Waals surface area contributed by atoms with Crippen LogP contribution in [0.1, 0.15) is 28.4 Å². The number of hydrogen-bond donors (Lipinski definition) is 3. The Balaban J connectivity index is 1.83. The number of aromatic nitrogens is 1. The number of pyridine rings is 1. The first-order chi connectivity index (χ1) is 14.9. The number of nitrogens with two attached hydrogens (primary N) is 2. The van der Waals surface area contributed by atoms with Crippen molar-refractivity contribution in [2.45, 2.75) is 20.0 Å². The van der Waals surface area contributed by atoms with Crippen molar-refractivity contribution in [1.29, 1.82) is 0 Å². The molecule has 0 bridgehead atoms. The van der Waals surface area contributed by atoms with Crippen LogP contribution < -0.4 is 22.2 Å². The highest BCUT2D eigenvalue weighted by Crippen LogP contribution is 2.14. The number of morpholine rings is 1. The summed E-state index contributed by atoms with van der Waals surface area (Å²) < 4.78 is 7.02. The number of carbonyl (C=O) groups is 1. The molecule has 0 saturated carbocycles. The lowest BCUT2D eigenvalue weighted by atomic mass is 10.1. The summed E-state index contributed by atoms with van der Waals surface area (Å²) in [6.45, 7) is 6.03. The van der Waals surface area contributed by atoms with E-state index in [0.717, 1.165) is 18.7 Å². The molecule has 0 atom stereocenters. The summed E-state index contributed by atoms with van der Waals surface area (Å²) in [6.07, 6.45) is 3.07. The minimum absolute atomic E-state index is 0.0236. The molecule has 8 nitrogen and oxygen atoms in total. The molecule has 1 aliphatic rings. The van der Waals surface area contributed by atoms with Gasteiger partial charge in [0.1, 0.15) is 11.4 Å². The van der Waals surface area contributed by atoms with Gasteiger partial charge < -0.3 is 26.1 Å². The van der Waals surface area contributed by atoms with Gasteiger partial charge in [-0.2, -0.15) is 0 Å². The Labute approximate surface area is 186 Å². The number of halogens is 1. The lowest BCUT2D eigenvalue weighted by Crippen LogP contribution is -2.38. The van der Waals surface area contributed by atoms with E-state index in [0.29, 0.717) is 37.0 Å². The molecule has 5 N–H and O–H groups in total. The lowest BCUT2D eigenvalue weighted by Gasteiger charge is -2.26. The second kappa shape index (κ2) is 10.5. The van der Waals surface area contributed by atoms with Crippen molar-refractivity contribution in [1.82, 2.24) is 14.8 Å². The van der Waals surface area contributed by atoms with Crippen LogP contribution in [0.4, 0.5) is 5.82 Å². The zero-order valence-electron chi connectivity index (χ0n) is 17.6. The van der Waals surface area contributed by atoms with E-state index in [4.69, 9.17) is 27.8 Å². The number of benzene rings is 1. The van der Waals surface area contributed by atoms with Gasteiger partial charge in [0.2, 0.25) is 5.43 Å². The average Bonchev–Trinajstić information content (AvgIpc) is 2.77. The highest BCUT2D eigenvalue weighted by Gasteiger charge is 2.18. The van der Waals surface area contributed by atoms with Crippen molar-refractivity contribution in [3.63, 3.8) is 0 Å². The maximum Gasteiger partial charge on any atom is 0.257 e. The summed E-state index contributed by atoms with van der Waals surface area (Å²) in [5, 5.41) is 3.40. The Bertz CT molecular complexity index is 1010. The number of aryl methyl sites for hydroxylation is 1. The van der Waals surface area contributed by atoms with Crippen molar-refractivity contribution >= 4 is 29.4 Å². The maximum absolute atomic E-state index is 13.1. The second-order valence-corrected chi connectivity index (χ2v) is 7.81. The number of nitrogens with one attached hydrogen (secondary N) is 1. The summed E-state index contributed by atoms with van der Waals surface area (Å²) in [5.74, 6) is -0.185. The zero-order valence-corrected chi connectivity index (χ0v) is 18.3. The molecule has 1 saturated heterocycles. The van der Waals surface area contributed by atoms with Crippen molar-refractivity contribution in [2.75, 3.05) is 38.6 Å². The summed E-state index contributed by atoms with van der Waals surface area (Å²) in [5.41, 5.74) is 13.6. The predicted octanol–water partition coefficient (Wildman–Crippen LogP) is 1.67. The molecule has 1 amide bonds. The fourth-order valence-corrected chi connectivity index (χ4v) is 3.52. The lowest BCUT2D eigenvalue weighted by molar-refractivity contribution is 0.0422. The van der Waals surface area contributed by atoms with Gasteiger partial charge in [-0.25, -0.2) is 0 Å². The number of nitrogens with zero attached hydrogens (tertiary/aromatic N) is 2. The van der Waals surface area contributed by atoms with Crippen LogP contribution in [0.3, 0.4) is 0 Å². The molecule has 2 aromatic rings. The standard InChI is InChI=1S/C22H28ClN5O3/c1-2-28-14-19(22(30)26-12-15-3-5-16(23)6-4-15)20(29)18(21(28)25)11-17(24)13-27-7-9-31-10-8-27/h3-6,11,14H,2,7-10,12-13,24-25H2,1H3,(H,26,30)/b17-11-. The first kappa shape index (κ1) is 22.9. The molecule has 0 spiro atoms. The van der Waals surface area contributed by atoms with Crippen LogP contribution in [-0.2, 0) is 17.8 Å². The van der Waals surface area contributed by atoms with Crippen LogP contribution in [0.5, 0.6) is 0 Å². The van der Waals surface area contributed by atoms with E-state index in [9.17, 15) is 9.59 Å². The Morgan fingerprint density at radius 2 is 1.94 bits per heavy atom. The van der Waals surface area contributed by atoms with Crippen molar-refractivity contribution in [3.05, 3.63) is 68.1 Å². The van der Waals surface area contributed by atoms with Gasteiger partial charge in [-0.05, 0) is 30.7 Å². The molecule has 1 fully saturated rings. The summed E-state index contributed by atoms with van der Waals surface area (Å²) in [6, 6.07) is 7.12. The van der Waals surface area contributed by atoms with Gasteiger partial charge in [-0.1, -0.05) is 23.7 Å². The highest BCUT2D eigenvalue weighted by atomic mass is 35.5. The van der Waals surface area contributed by atoms with Crippen molar-refractivity contribution < 1.29 is 9.53 Å². The normalized spacial score (nSPS) is 15.1. The van der Waals surface area contributed by atoms with E-state index in [-0.39, 0.29) is 23.5 Å². The van der Waals surface area contributed by atoms with E-state index in [1.807, 2.05) is 19.1 Å². The molecular formula is C22H28ClN5O3. The minimum Gasteiger partial charge on any atom is -0.401 e. The number of nitrogen functional groups attached to an aromatic ring is 1. The Kier molecular flexibility index (Phi) is 7.73.